The summed E-state index contributed by atoms with van der Waals surface area (Å²) in [6.45, 7) is 4.78. The van der Waals surface area contributed by atoms with Gasteiger partial charge >= 0.3 is 0 Å². The highest BCUT2D eigenvalue weighted by molar-refractivity contribution is 5.94. The molecule has 1 aliphatic rings. The van der Waals surface area contributed by atoms with Crippen molar-refractivity contribution in [3.05, 3.63) is 77.9 Å². The van der Waals surface area contributed by atoms with Gasteiger partial charge in [0.25, 0.3) is 5.91 Å². The monoisotopic (exact) mass is 420 g/mol. The molecule has 2 aromatic heterocycles. The maximum atomic E-state index is 12.8. The molecule has 7 heteroatoms. The zero-order valence-corrected chi connectivity index (χ0v) is 18.0. The van der Waals surface area contributed by atoms with E-state index in [4.69, 9.17) is 9.26 Å². The molecule has 0 N–H and O–H groups in total. The smallest absolute Gasteiger partial charge is 0.254 e. The van der Waals surface area contributed by atoms with Crippen molar-refractivity contribution in [3.63, 3.8) is 0 Å². The number of hydrogen-bond acceptors (Lipinski definition) is 6. The average molecular weight is 421 g/mol. The Morgan fingerprint density at radius 3 is 2.61 bits per heavy atom. The third-order valence-corrected chi connectivity index (χ3v) is 5.84. The number of carbonyl (C=O) groups excluding carboxylic acids is 1. The van der Waals surface area contributed by atoms with Crippen LogP contribution in [-0.2, 0) is 6.54 Å². The van der Waals surface area contributed by atoms with Gasteiger partial charge in [0.1, 0.15) is 23.8 Å². The SMILES string of the molecule is C[C@@H](c1ccon1)N(C)C(=O)c1ccc(OC2CCN(Cc3ccccn3)CC2)cc1. The van der Waals surface area contributed by atoms with Crippen LogP contribution in [0.5, 0.6) is 5.75 Å². The number of carbonyl (C=O) groups is 1. The molecular weight excluding hydrogens is 392 g/mol. The van der Waals surface area contributed by atoms with E-state index in [9.17, 15) is 4.79 Å². The van der Waals surface area contributed by atoms with Crippen molar-refractivity contribution in [3.8, 4) is 5.75 Å². The van der Waals surface area contributed by atoms with Gasteiger partial charge in [-0.25, -0.2) is 0 Å². The fourth-order valence-electron chi connectivity index (χ4n) is 3.79. The average Bonchev–Trinajstić information content (AvgIpc) is 3.35. The minimum absolute atomic E-state index is 0.0649. The lowest BCUT2D eigenvalue weighted by molar-refractivity contribution is 0.0737. The summed E-state index contributed by atoms with van der Waals surface area (Å²) in [5.41, 5.74) is 2.45. The number of piperidine rings is 1. The van der Waals surface area contributed by atoms with E-state index in [1.807, 2.05) is 49.5 Å². The molecule has 0 aliphatic carbocycles. The van der Waals surface area contributed by atoms with Gasteiger partial charge in [0.2, 0.25) is 0 Å². The van der Waals surface area contributed by atoms with Crippen molar-refractivity contribution in [2.24, 2.45) is 0 Å². The molecule has 1 saturated heterocycles. The van der Waals surface area contributed by atoms with E-state index in [0.717, 1.165) is 49.6 Å². The highest BCUT2D eigenvalue weighted by Gasteiger charge is 2.22. The number of rotatable bonds is 7. The van der Waals surface area contributed by atoms with Gasteiger partial charge in [-0.2, -0.15) is 0 Å². The summed E-state index contributed by atoms with van der Waals surface area (Å²) in [4.78, 5) is 21.3. The number of ether oxygens (including phenoxy) is 1. The maximum absolute atomic E-state index is 12.8. The standard InChI is InChI=1S/C24H28N4O3/c1-18(23-12-16-30-26-23)27(2)24(29)19-6-8-21(9-7-19)31-22-10-14-28(15-11-22)17-20-5-3-4-13-25-20/h3-9,12-13,16,18,22H,10-11,14-15,17H2,1-2H3/t18-/m0/s1. The molecule has 31 heavy (non-hydrogen) atoms. The first-order chi connectivity index (χ1) is 15.1. The second-order valence-electron chi connectivity index (χ2n) is 7.96. The highest BCUT2D eigenvalue weighted by atomic mass is 16.5. The van der Waals surface area contributed by atoms with Crippen molar-refractivity contribution in [2.75, 3.05) is 20.1 Å². The molecule has 1 aliphatic heterocycles. The van der Waals surface area contributed by atoms with Crippen molar-refractivity contribution >= 4 is 5.91 Å². The van der Waals surface area contributed by atoms with Gasteiger partial charge in [0.15, 0.2) is 0 Å². The van der Waals surface area contributed by atoms with Gasteiger partial charge in [-0.15, -0.1) is 0 Å². The van der Waals surface area contributed by atoms with Crippen LogP contribution in [-0.4, -0.2) is 52.1 Å². The topological polar surface area (TPSA) is 71.7 Å². The van der Waals surface area contributed by atoms with E-state index < -0.39 is 0 Å². The van der Waals surface area contributed by atoms with E-state index >= 15 is 0 Å². The Morgan fingerprint density at radius 2 is 1.97 bits per heavy atom. The molecule has 1 fully saturated rings. The first-order valence-electron chi connectivity index (χ1n) is 10.7. The molecule has 162 valence electrons. The molecule has 4 rings (SSSR count). The predicted octanol–water partition coefficient (Wildman–Crippen LogP) is 3.95. The largest absolute Gasteiger partial charge is 0.490 e. The van der Waals surface area contributed by atoms with Crippen LogP contribution in [0, 0.1) is 0 Å². The Bertz CT molecular complexity index is 952. The number of aromatic nitrogens is 2. The Hall–Kier alpha value is -3.19. The fourth-order valence-corrected chi connectivity index (χ4v) is 3.79. The first kappa shape index (κ1) is 21.1. The van der Waals surface area contributed by atoms with E-state index in [1.165, 1.54) is 6.26 Å². The lowest BCUT2D eigenvalue weighted by atomic mass is 10.1. The van der Waals surface area contributed by atoms with Crippen LogP contribution in [0.1, 0.15) is 47.6 Å². The number of likely N-dealkylation sites (tertiary alicyclic amines) is 1. The lowest BCUT2D eigenvalue weighted by Gasteiger charge is -2.32. The van der Waals surface area contributed by atoms with Crippen LogP contribution in [0.15, 0.2) is 65.5 Å². The van der Waals surface area contributed by atoms with Gasteiger partial charge in [-0.1, -0.05) is 11.2 Å². The number of amides is 1. The number of nitrogens with zero attached hydrogens (tertiary/aromatic N) is 4. The molecule has 0 saturated carbocycles. The minimum atomic E-state index is -0.168. The predicted molar refractivity (Wildman–Crippen MR) is 117 cm³/mol. The Kier molecular flexibility index (Phi) is 6.62. The molecular formula is C24H28N4O3. The zero-order valence-electron chi connectivity index (χ0n) is 18.0. The van der Waals surface area contributed by atoms with Crippen LogP contribution in [0.25, 0.3) is 0 Å². The number of pyridine rings is 1. The van der Waals surface area contributed by atoms with Crippen LogP contribution in [0.4, 0.5) is 0 Å². The molecule has 1 amide bonds. The molecule has 1 atom stereocenters. The summed E-state index contributed by atoms with van der Waals surface area (Å²) in [5.74, 6) is 0.733. The lowest BCUT2D eigenvalue weighted by Crippen LogP contribution is -2.38. The Labute approximate surface area is 182 Å². The Morgan fingerprint density at radius 1 is 1.19 bits per heavy atom. The summed E-state index contributed by atoms with van der Waals surface area (Å²) in [6.07, 6.45) is 5.50. The fraction of sp³-hybridized carbons (Fsp3) is 0.375. The zero-order chi connectivity index (χ0) is 21.6. The van der Waals surface area contributed by atoms with Crippen LogP contribution < -0.4 is 4.74 Å². The van der Waals surface area contributed by atoms with Gasteiger partial charge in [0, 0.05) is 44.5 Å². The third kappa shape index (κ3) is 5.30. The van der Waals surface area contributed by atoms with E-state index in [0.29, 0.717) is 5.56 Å². The summed E-state index contributed by atoms with van der Waals surface area (Å²) < 4.78 is 11.1. The molecule has 3 heterocycles. The third-order valence-electron chi connectivity index (χ3n) is 5.84. The van der Waals surface area contributed by atoms with E-state index in [1.54, 1.807) is 18.0 Å². The van der Waals surface area contributed by atoms with Crippen molar-refractivity contribution < 1.29 is 14.1 Å². The number of benzene rings is 1. The summed E-state index contributed by atoms with van der Waals surface area (Å²) >= 11 is 0. The molecule has 0 radical (unpaired) electrons. The normalized spacial score (nSPS) is 16.1. The molecule has 1 aromatic carbocycles. The van der Waals surface area contributed by atoms with Crippen LogP contribution in [0.2, 0.25) is 0 Å². The molecule has 0 spiro atoms. The molecule has 3 aromatic rings. The molecule has 7 nitrogen and oxygen atoms in total. The second-order valence-corrected chi connectivity index (χ2v) is 7.96. The first-order valence-corrected chi connectivity index (χ1v) is 10.7. The quantitative estimate of drug-likeness (QED) is 0.576. The summed E-state index contributed by atoms with van der Waals surface area (Å²) in [5, 5.41) is 3.93. The van der Waals surface area contributed by atoms with Crippen LogP contribution >= 0.6 is 0 Å². The molecule has 0 bridgehead atoms. The van der Waals surface area contributed by atoms with Crippen molar-refractivity contribution in [1.29, 1.82) is 0 Å². The second kappa shape index (κ2) is 9.75. The van der Waals surface area contributed by atoms with Crippen molar-refractivity contribution in [1.82, 2.24) is 19.9 Å². The number of hydrogen-bond donors (Lipinski definition) is 0. The van der Waals surface area contributed by atoms with Gasteiger partial charge in [-0.05, 0) is 56.2 Å². The molecule has 0 unspecified atom stereocenters. The summed E-state index contributed by atoms with van der Waals surface area (Å²) in [7, 11) is 1.77. The van der Waals surface area contributed by atoms with Crippen molar-refractivity contribution in [2.45, 2.75) is 38.5 Å². The highest BCUT2D eigenvalue weighted by Crippen LogP contribution is 2.23. The maximum Gasteiger partial charge on any atom is 0.254 e. The minimum Gasteiger partial charge on any atom is -0.490 e. The summed E-state index contributed by atoms with van der Waals surface area (Å²) in [6, 6.07) is 15.0. The van der Waals surface area contributed by atoms with E-state index in [2.05, 4.69) is 21.1 Å². The van der Waals surface area contributed by atoms with Gasteiger partial charge in [-0.3, -0.25) is 14.7 Å². The Balaban J connectivity index is 1.27. The van der Waals surface area contributed by atoms with Crippen LogP contribution in [0.3, 0.4) is 0 Å². The van der Waals surface area contributed by atoms with E-state index in [-0.39, 0.29) is 18.1 Å². The van der Waals surface area contributed by atoms with Gasteiger partial charge in [0.05, 0.1) is 11.7 Å². The van der Waals surface area contributed by atoms with Gasteiger partial charge < -0.3 is 14.2 Å².